The Bertz CT molecular complexity index is 780. The van der Waals surface area contributed by atoms with E-state index in [-0.39, 0.29) is 4.90 Å². The molecule has 1 atom stereocenters. The molecule has 6 nitrogen and oxygen atoms in total. The van der Waals surface area contributed by atoms with E-state index >= 15 is 0 Å². The molecule has 8 heteroatoms. The quantitative estimate of drug-likeness (QED) is 0.898. The summed E-state index contributed by atoms with van der Waals surface area (Å²) in [6.45, 7) is 4.49. The zero-order chi connectivity index (χ0) is 15.7. The van der Waals surface area contributed by atoms with E-state index in [0.717, 1.165) is 43.3 Å². The summed E-state index contributed by atoms with van der Waals surface area (Å²) in [4.78, 5) is 4.72. The summed E-state index contributed by atoms with van der Waals surface area (Å²) in [5.41, 5.74) is 1.61. The van der Waals surface area contributed by atoms with Crippen LogP contribution in [0.1, 0.15) is 19.8 Å². The molecule has 1 fully saturated rings. The lowest BCUT2D eigenvalue weighted by Crippen LogP contribution is -2.11. The first-order valence-corrected chi connectivity index (χ1v) is 9.69. The maximum absolute atomic E-state index is 11.5. The third kappa shape index (κ3) is 3.15. The maximum atomic E-state index is 11.5. The van der Waals surface area contributed by atoms with Crippen LogP contribution < -0.4 is 5.14 Å². The molecule has 2 aromatic rings. The number of hydrogen-bond acceptors (Lipinski definition) is 5. The van der Waals surface area contributed by atoms with Crippen LogP contribution in [-0.2, 0) is 21.3 Å². The van der Waals surface area contributed by atoms with Crippen LogP contribution >= 0.6 is 11.8 Å². The van der Waals surface area contributed by atoms with Gasteiger partial charge in [0.2, 0.25) is 10.0 Å². The van der Waals surface area contributed by atoms with Gasteiger partial charge in [0.1, 0.15) is 0 Å². The molecule has 0 spiro atoms. The maximum Gasteiger partial charge on any atom is 0.238 e. The summed E-state index contributed by atoms with van der Waals surface area (Å²) in [5.74, 6) is 0. The minimum Gasteiger partial charge on any atom is -0.380 e. The van der Waals surface area contributed by atoms with Crippen molar-refractivity contribution in [1.82, 2.24) is 9.55 Å². The standard InChI is InChI=1S/C14H19N3O3S2/c1-2-6-17-13-4-3-11(22(15,18)19)8-12(13)16-14(17)21-10-5-7-20-9-10/h3-4,8,10H,2,5-7,9H2,1H3,(H2,15,18,19)/t10-/m0/s1. The first-order chi connectivity index (χ1) is 10.5. The molecule has 120 valence electrons. The topological polar surface area (TPSA) is 87.2 Å². The van der Waals surface area contributed by atoms with Gasteiger partial charge in [-0.25, -0.2) is 18.5 Å². The molecule has 1 aliphatic rings. The molecule has 1 aromatic heterocycles. The number of hydrogen-bond donors (Lipinski definition) is 1. The zero-order valence-electron chi connectivity index (χ0n) is 12.4. The fourth-order valence-electron chi connectivity index (χ4n) is 2.55. The van der Waals surface area contributed by atoms with Crippen molar-refractivity contribution in [3.05, 3.63) is 18.2 Å². The Labute approximate surface area is 134 Å². The molecule has 22 heavy (non-hydrogen) atoms. The van der Waals surface area contributed by atoms with E-state index in [1.54, 1.807) is 30.0 Å². The molecular formula is C14H19N3O3S2. The molecule has 2 heterocycles. The average molecular weight is 341 g/mol. The molecule has 0 aliphatic carbocycles. The van der Waals surface area contributed by atoms with Crippen LogP contribution in [0.2, 0.25) is 0 Å². The highest BCUT2D eigenvalue weighted by Crippen LogP contribution is 2.31. The fourth-order valence-corrected chi connectivity index (χ4v) is 4.23. The second-order valence-corrected chi connectivity index (χ2v) is 8.17. The van der Waals surface area contributed by atoms with Crippen LogP contribution in [0.3, 0.4) is 0 Å². The van der Waals surface area contributed by atoms with Crippen molar-refractivity contribution in [2.24, 2.45) is 5.14 Å². The lowest BCUT2D eigenvalue weighted by molar-refractivity contribution is 0.199. The number of nitrogens with two attached hydrogens (primary N) is 1. The Hall–Kier alpha value is -1.09. The van der Waals surface area contributed by atoms with Gasteiger partial charge in [0.05, 0.1) is 22.5 Å². The second kappa shape index (κ2) is 6.19. The van der Waals surface area contributed by atoms with Gasteiger partial charge < -0.3 is 9.30 Å². The van der Waals surface area contributed by atoms with E-state index in [0.29, 0.717) is 10.8 Å². The van der Waals surface area contributed by atoms with Gasteiger partial charge in [-0.2, -0.15) is 0 Å². The average Bonchev–Trinajstić information content (AvgIpc) is 3.07. The first kappa shape index (κ1) is 15.8. The number of fused-ring (bicyclic) bond motifs is 1. The highest BCUT2D eigenvalue weighted by molar-refractivity contribution is 7.99. The van der Waals surface area contributed by atoms with E-state index in [1.807, 2.05) is 0 Å². The van der Waals surface area contributed by atoms with Crippen molar-refractivity contribution in [2.75, 3.05) is 13.2 Å². The van der Waals surface area contributed by atoms with Crippen LogP contribution in [0.15, 0.2) is 28.3 Å². The van der Waals surface area contributed by atoms with Gasteiger partial charge in [0.25, 0.3) is 0 Å². The Balaban J connectivity index is 2.04. The summed E-state index contributed by atoms with van der Waals surface area (Å²) >= 11 is 1.70. The fraction of sp³-hybridized carbons (Fsp3) is 0.500. The number of ether oxygens (including phenoxy) is 1. The second-order valence-electron chi connectivity index (χ2n) is 5.34. The molecular weight excluding hydrogens is 322 g/mol. The normalized spacial score (nSPS) is 19.1. The van der Waals surface area contributed by atoms with Gasteiger partial charge in [-0.15, -0.1) is 0 Å². The minimum absolute atomic E-state index is 0.0990. The number of sulfonamides is 1. The van der Waals surface area contributed by atoms with Crippen molar-refractivity contribution >= 4 is 32.8 Å². The SMILES string of the molecule is CCCn1c(S[C@H]2CCOC2)nc2cc(S(N)(=O)=O)ccc21. The van der Waals surface area contributed by atoms with Crippen LogP contribution in [0.5, 0.6) is 0 Å². The number of aryl methyl sites for hydroxylation is 1. The van der Waals surface area contributed by atoms with E-state index < -0.39 is 10.0 Å². The van der Waals surface area contributed by atoms with Crippen molar-refractivity contribution < 1.29 is 13.2 Å². The minimum atomic E-state index is -3.71. The van der Waals surface area contributed by atoms with Crippen LogP contribution in [-0.4, -0.2) is 36.4 Å². The number of primary sulfonamides is 1. The van der Waals surface area contributed by atoms with E-state index in [1.165, 1.54) is 0 Å². The van der Waals surface area contributed by atoms with Gasteiger partial charge in [-0.05, 0) is 31.0 Å². The van der Waals surface area contributed by atoms with Crippen molar-refractivity contribution in [3.8, 4) is 0 Å². The molecule has 3 rings (SSSR count). The van der Waals surface area contributed by atoms with Gasteiger partial charge >= 0.3 is 0 Å². The summed E-state index contributed by atoms with van der Waals surface area (Å²) in [6.07, 6.45) is 2.00. The highest BCUT2D eigenvalue weighted by atomic mass is 32.2. The lowest BCUT2D eigenvalue weighted by Gasteiger charge is -2.10. The molecule has 1 saturated heterocycles. The predicted molar refractivity (Wildman–Crippen MR) is 86.5 cm³/mol. The van der Waals surface area contributed by atoms with Gasteiger partial charge in [-0.1, -0.05) is 18.7 Å². The smallest absolute Gasteiger partial charge is 0.238 e. The number of nitrogens with zero attached hydrogens (tertiary/aromatic N) is 2. The van der Waals surface area contributed by atoms with Crippen molar-refractivity contribution in [2.45, 2.75) is 41.6 Å². The highest BCUT2D eigenvalue weighted by Gasteiger charge is 2.21. The third-order valence-electron chi connectivity index (χ3n) is 3.62. The van der Waals surface area contributed by atoms with E-state index in [4.69, 9.17) is 9.88 Å². The van der Waals surface area contributed by atoms with Crippen LogP contribution in [0.4, 0.5) is 0 Å². The number of thioether (sulfide) groups is 1. The molecule has 1 aromatic carbocycles. The van der Waals surface area contributed by atoms with Crippen molar-refractivity contribution in [3.63, 3.8) is 0 Å². The summed E-state index contributed by atoms with van der Waals surface area (Å²) in [5, 5.41) is 6.52. The number of imidazole rings is 1. The Kier molecular flexibility index (Phi) is 4.44. The summed E-state index contributed by atoms with van der Waals surface area (Å²) < 4.78 is 30.5. The predicted octanol–water partition coefficient (Wildman–Crippen LogP) is 1.97. The molecule has 0 radical (unpaired) electrons. The number of aromatic nitrogens is 2. The third-order valence-corrected chi connectivity index (χ3v) is 5.76. The van der Waals surface area contributed by atoms with Crippen LogP contribution in [0, 0.1) is 0 Å². The van der Waals surface area contributed by atoms with Crippen LogP contribution in [0.25, 0.3) is 11.0 Å². The Morgan fingerprint density at radius 1 is 1.50 bits per heavy atom. The molecule has 0 unspecified atom stereocenters. The number of benzene rings is 1. The van der Waals surface area contributed by atoms with E-state index in [9.17, 15) is 8.42 Å². The van der Waals surface area contributed by atoms with Crippen molar-refractivity contribution in [1.29, 1.82) is 0 Å². The molecule has 1 aliphatic heterocycles. The molecule has 0 saturated carbocycles. The summed E-state index contributed by atoms with van der Waals surface area (Å²) in [7, 11) is -3.71. The molecule has 0 bridgehead atoms. The summed E-state index contributed by atoms with van der Waals surface area (Å²) in [6, 6.07) is 4.87. The lowest BCUT2D eigenvalue weighted by atomic mass is 10.3. The molecule has 2 N–H and O–H groups in total. The largest absolute Gasteiger partial charge is 0.380 e. The Morgan fingerprint density at radius 2 is 2.32 bits per heavy atom. The molecule has 0 amide bonds. The van der Waals surface area contributed by atoms with Gasteiger partial charge in [-0.3, -0.25) is 0 Å². The van der Waals surface area contributed by atoms with Gasteiger partial charge in [0.15, 0.2) is 5.16 Å². The van der Waals surface area contributed by atoms with E-state index in [2.05, 4.69) is 16.5 Å². The first-order valence-electron chi connectivity index (χ1n) is 7.26. The zero-order valence-corrected chi connectivity index (χ0v) is 14.0. The Morgan fingerprint density at radius 3 is 2.95 bits per heavy atom. The monoisotopic (exact) mass is 341 g/mol. The van der Waals surface area contributed by atoms with Gasteiger partial charge in [0, 0.05) is 18.4 Å². The number of rotatable bonds is 5.